The van der Waals surface area contributed by atoms with Crippen LogP contribution in [0.2, 0.25) is 0 Å². The maximum Gasteiger partial charge on any atom is 0.324 e. The van der Waals surface area contributed by atoms with E-state index in [1.54, 1.807) is 7.05 Å². The lowest BCUT2D eigenvalue weighted by atomic mass is 10.4. The predicted molar refractivity (Wildman–Crippen MR) is 83.2 cm³/mol. The number of aromatic nitrogens is 3. The molecular formula is C12H9N5O3S2. The molecule has 3 rings (SSSR count). The normalized spacial score (nSPS) is 10.6. The first-order valence-electron chi connectivity index (χ1n) is 6.05. The van der Waals surface area contributed by atoms with Crippen LogP contribution >= 0.6 is 22.7 Å². The van der Waals surface area contributed by atoms with Crippen molar-refractivity contribution >= 4 is 39.5 Å². The largest absolute Gasteiger partial charge is 0.324 e. The van der Waals surface area contributed by atoms with Gasteiger partial charge in [-0.3, -0.25) is 20.2 Å². The van der Waals surface area contributed by atoms with E-state index in [1.165, 1.54) is 28.2 Å². The van der Waals surface area contributed by atoms with Gasteiger partial charge in [-0.2, -0.15) is 4.98 Å². The number of hydrogen-bond acceptors (Lipinski definition) is 7. The van der Waals surface area contributed by atoms with E-state index in [0.29, 0.717) is 5.82 Å². The Bertz CT molecular complexity index is 837. The summed E-state index contributed by atoms with van der Waals surface area (Å²) in [6.07, 6.45) is 0. The number of nitrogens with zero attached hydrogens (tertiary/aromatic N) is 4. The Kier molecular flexibility index (Phi) is 3.69. The molecule has 8 nitrogen and oxygen atoms in total. The van der Waals surface area contributed by atoms with Crippen LogP contribution in [0.1, 0.15) is 9.67 Å². The number of thiophene rings is 2. The third kappa shape index (κ3) is 2.73. The molecule has 0 aliphatic heterocycles. The fourth-order valence-corrected chi connectivity index (χ4v) is 3.08. The second-order valence-electron chi connectivity index (χ2n) is 4.21. The summed E-state index contributed by atoms with van der Waals surface area (Å²) in [5.41, 5.74) is 0. The molecule has 0 saturated carbocycles. The first-order valence-corrected chi connectivity index (χ1v) is 7.74. The summed E-state index contributed by atoms with van der Waals surface area (Å²) >= 11 is 2.31. The van der Waals surface area contributed by atoms with Crippen LogP contribution in [0.15, 0.2) is 29.6 Å². The highest BCUT2D eigenvalue weighted by molar-refractivity contribution is 7.17. The van der Waals surface area contributed by atoms with Crippen molar-refractivity contribution in [3.63, 3.8) is 0 Å². The highest BCUT2D eigenvalue weighted by Gasteiger charge is 2.18. The van der Waals surface area contributed by atoms with Crippen molar-refractivity contribution in [1.82, 2.24) is 14.8 Å². The topological polar surface area (TPSA) is 103 Å². The number of aryl methyl sites for hydroxylation is 1. The number of nitrogens with one attached hydrogen (secondary N) is 1. The molecule has 0 saturated heterocycles. The van der Waals surface area contributed by atoms with E-state index >= 15 is 0 Å². The Hall–Kier alpha value is -2.59. The maximum absolute atomic E-state index is 12.1. The van der Waals surface area contributed by atoms with E-state index in [1.807, 2.05) is 17.5 Å². The van der Waals surface area contributed by atoms with Gasteiger partial charge in [0, 0.05) is 13.1 Å². The Labute approximate surface area is 132 Å². The van der Waals surface area contributed by atoms with Crippen LogP contribution in [0.25, 0.3) is 10.7 Å². The fourth-order valence-electron chi connectivity index (χ4n) is 1.71. The fraction of sp³-hybridized carbons (Fsp3) is 0.0833. The summed E-state index contributed by atoms with van der Waals surface area (Å²) in [6.45, 7) is 0. The molecule has 0 aliphatic rings. The zero-order valence-electron chi connectivity index (χ0n) is 11.2. The monoisotopic (exact) mass is 335 g/mol. The van der Waals surface area contributed by atoms with Crippen molar-refractivity contribution < 1.29 is 9.72 Å². The van der Waals surface area contributed by atoms with Gasteiger partial charge in [-0.05, 0) is 17.5 Å². The SMILES string of the molecule is Cn1nc(-c2cccs2)nc1NC(=O)c1ccc([N+](=O)[O-])s1. The van der Waals surface area contributed by atoms with Gasteiger partial charge in [0.1, 0.15) is 0 Å². The minimum absolute atomic E-state index is 0.0811. The van der Waals surface area contributed by atoms with E-state index in [-0.39, 0.29) is 15.8 Å². The third-order valence-electron chi connectivity index (χ3n) is 2.73. The summed E-state index contributed by atoms with van der Waals surface area (Å²) < 4.78 is 1.45. The number of carbonyl (C=O) groups is 1. The van der Waals surface area contributed by atoms with Gasteiger partial charge in [0.25, 0.3) is 5.91 Å². The summed E-state index contributed by atoms with van der Waals surface area (Å²) in [7, 11) is 1.66. The first kappa shape index (κ1) is 14.4. The molecular weight excluding hydrogens is 326 g/mol. The van der Waals surface area contributed by atoms with Gasteiger partial charge in [0.15, 0.2) is 5.82 Å². The molecule has 1 N–H and O–H groups in total. The molecule has 0 aliphatic carbocycles. The first-order chi connectivity index (χ1) is 10.5. The average molecular weight is 335 g/mol. The van der Waals surface area contributed by atoms with Crippen LogP contribution in [-0.2, 0) is 7.05 Å². The number of anilines is 1. The molecule has 112 valence electrons. The van der Waals surface area contributed by atoms with Crippen molar-refractivity contribution in [2.75, 3.05) is 5.32 Å². The molecule has 1 amide bonds. The van der Waals surface area contributed by atoms with Gasteiger partial charge in [-0.15, -0.1) is 16.4 Å². The van der Waals surface area contributed by atoms with Gasteiger partial charge < -0.3 is 0 Å². The zero-order valence-corrected chi connectivity index (χ0v) is 12.8. The molecule has 10 heteroatoms. The Balaban J connectivity index is 1.80. The van der Waals surface area contributed by atoms with Gasteiger partial charge >= 0.3 is 5.00 Å². The lowest BCUT2D eigenvalue weighted by molar-refractivity contribution is -0.380. The predicted octanol–water partition coefficient (Wildman–Crippen LogP) is 2.77. The molecule has 0 fully saturated rings. The second-order valence-corrected chi connectivity index (χ2v) is 6.22. The minimum Gasteiger partial charge on any atom is -0.290 e. The van der Waals surface area contributed by atoms with Crippen LogP contribution in [0.5, 0.6) is 0 Å². The molecule has 0 atom stereocenters. The van der Waals surface area contributed by atoms with E-state index in [4.69, 9.17) is 0 Å². The van der Waals surface area contributed by atoms with Crippen LogP contribution in [0, 0.1) is 10.1 Å². The lowest BCUT2D eigenvalue weighted by Crippen LogP contribution is -2.14. The minimum atomic E-state index is -0.529. The molecule has 0 spiro atoms. The molecule has 0 radical (unpaired) electrons. The Morgan fingerprint density at radius 2 is 2.23 bits per heavy atom. The molecule has 3 heterocycles. The van der Waals surface area contributed by atoms with Crippen LogP contribution in [0.4, 0.5) is 10.9 Å². The molecule has 22 heavy (non-hydrogen) atoms. The Morgan fingerprint density at radius 1 is 1.41 bits per heavy atom. The van der Waals surface area contributed by atoms with Crippen molar-refractivity contribution in [2.45, 2.75) is 0 Å². The van der Waals surface area contributed by atoms with Crippen LogP contribution in [-0.4, -0.2) is 25.6 Å². The van der Waals surface area contributed by atoms with Crippen LogP contribution < -0.4 is 5.32 Å². The van der Waals surface area contributed by atoms with E-state index < -0.39 is 10.8 Å². The smallest absolute Gasteiger partial charge is 0.290 e. The molecule has 3 aromatic rings. The number of carbonyl (C=O) groups excluding carboxylic acids is 1. The molecule has 0 bridgehead atoms. The second kappa shape index (κ2) is 5.66. The van der Waals surface area contributed by atoms with E-state index in [9.17, 15) is 14.9 Å². The summed E-state index contributed by atoms with van der Waals surface area (Å²) in [5, 5.41) is 19.3. The van der Waals surface area contributed by atoms with E-state index in [2.05, 4.69) is 15.4 Å². The number of rotatable bonds is 4. The highest BCUT2D eigenvalue weighted by Crippen LogP contribution is 2.25. The standard InChI is InChI=1S/C12H9N5O3S2/c1-16-12(13-10(15-16)7-3-2-6-21-7)14-11(18)8-4-5-9(22-8)17(19)20/h2-6H,1H3,(H,13,14,15,18). The van der Waals surface area contributed by atoms with Gasteiger partial charge in [0.05, 0.1) is 14.7 Å². The van der Waals surface area contributed by atoms with Crippen LogP contribution in [0.3, 0.4) is 0 Å². The molecule has 3 aromatic heterocycles. The van der Waals surface area contributed by atoms with Crippen molar-refractivity contribution in [3.8, 4) is 10.7 Å². The molecule has 0 unspecified atom stereocenters. The highest BCUT2D eigenvalue weighted by atomic mass is 32.1. The van der Waals surface area contributed by atoms with E-state index in [0.717, 1.165) is 16.2 Å². The van der Waals surface area contributed by atoms with Crippen molar-refractivity contribution in [3.05, 3.63) is 44.6 Å². The van der Waals surface area contributed by atoms with Crippen molar-refractivity contribution in [1.29, 1.82) is 0 Å². The third-order valence-corrected chi connectivity index (χ3v) is 4.63. The van der Waals surface area contributed by atoms with Gasteiger partial charge in [0.2, 0.25) is 5.95 Å². The Morgan fingerprint density at radius 3 is 2.86 bits per heavy atom. The number of amides is 1. The maximum atomic E-state index is 12.1. The van der Waals surface area contributed by atoms with Gasteiger partial charge in [-0.25, -0.2) is 4.68 Å². The summed E-state index contributed by atoms with van der Waals surface area (Å²) in [5.74, 6) is 0.348. The number of hydrogen-bond donors (Lipinski definition) is 1. The zero-order chi connectivity index (χ0) is 15.7. The summed E-state index contributed by atoms with van der Waals surface area (Å²) in [6, 6.07) is 6.48. The molecule has 0 aromatic carbocycles. The quantitative estimate of drug-likeness (QED) is 0.583. The van der Waals surface area contributed by atoms with Crippen molar-refractivity contribution in [2.24, 2.45) is 7.05 Å². The van der Waals surface area contributed by atoms with Gasteiger partial charge in [-0.1, -0.05) is 17.4 Å². The number of nitro groups is 1. The lowest BCUT2D eigenvalue weighted by Gasteiger charge is -2.00. The summed E-state index contributed by atoms with van der Waals surface area (Å²) in [4.78, 5) is 27.6. The average Bonchev–Trinajstić information content (AvgIpc) is 3.18.